The van der Waals surface area contributed by atoms with Crippen molar-refractivity contribution in [1.82, 2.24) is 16.0 Å². The van der Waals surface area contributed by atoms with E-state index >= 15 is 0 Å². The lowest BCUT2D eigenvalue weighted by molar-refractivity contribution is -0.122. The van der Waals surface area contributed by atoms with Crippen LogP contribution in [0.3, 0.4) is 0 Å². The Hall–Kier alpha value is -1.01. The predicted octanol–water partition coefficient (Wildman–Crippen LogP) is 2.70. The summed E-state index contributed by atoms with van der Waals surface area (Å²) in [6.07, 6.45) is 12.4. The molecule has 5 aliphatic rings. The number of amides is 3. The first-order chi connectivity index (χ1) is 13.0. The minimum absolute atomic E-state index is 0. The molecule has 0 saturated heterocycles. The zero-order chi connectivity index (χ0) is 18.9. The average Bonchev–Trinajstić information content (AvgIpc) is 2.60. The first-order valence-electron chi connectivity index (χ1n) is 11.1. The maximum atomic E-state index is 12.4. The van der Waals surface area contributed by atoms with Gasteiger partial charge in [-0.3, -0.25) is 4.79 Å². The van der Waals surface area contributed by atoms with Gasteiger partial charge >= 0.3 is 6.03 Å². The Bertz CT molecular complexity index is 535. The molecule has 0 aromatic carbocycles. The van der Waals surface area contributed by atoms with E-state index in [1.807, 2.05) is 0 Å². The van der Waals surface area contributed by atoms with Crippen molar-refractivity contribution in [2.24, 2.45) is 29.4 Å². The summed E-state index contributed by atoms with van der Waals surface area (Å²) in [6.45, 7) is 1.03. The Balaban J connectivity index is 0.00000225. The Kier molecular flexibility index (Phi) is 7.13. The van der Waals surface area contributed by atoms with E-state index in [-0.39, 0.29) is 35.9 Å². The van der Waals surface area contributed by atoms with E-state index in [4.69, 9.17) is 5.73 Å². The fraction of sp³-hybridized carbons (Fsp3) is 0.905. The number of carbonyl (C=O) groups is 2. The summed E-state index contributed by atoms with van der Waals surface area (Å²) in [6, 6.07) is 0.111. The van der Waals surface area contributed by atoms with Crippen LogP contribution in [0.15, 0.2) is 0 Å². The van der Waals surface area contributed by atoms with Crippen LogP contribution >= 0.6 is 12.4 Å². The summed E-state index contributed by atoms with van der Waals surface area (Å²) in [5.41, 5.74) is 5.86. The number of hydrogen-bond donors (Lipinski definition) is 4. The van der Waals surface area contributed by atoms with E-state index in [0.717, 1.165) is 56.3 Å². The van der Waals surface area contributed by atoms with Gasteiger partial charge in [0.2, 0.25) is 5.91 Å². The number of hydrogen-bond acceptors (Lipinski definition) is 3. The van der Waals surface area contributed by atoms with Crippen molar-refractivity contribution in [2.45, 2.75) is 82.2 Å². The van der Waals surface area contributed by atoms with Crippen LogP contribution in [0.5, 0.6) is 0 Å². The molecule has 4 bridgehead atoms. The highest BCUT2D eigenvalue weighted by Gasteiger charge is 2.51. The van der Waals surface area contributed by atoms with Crippen molar-refractivity contribution in [3.05, 3.63) is 0 Å². The molecule has 3 amide bonds. The van der Waals surface area contributed by atoms with Gasteiger partial charge in [0.15, 0.2) is 0 Å². The minimum atomic E-state index is -0.0951. The summed E-state index contributed by atoms with van der Waals surface area (Å²) in [5.74, 6) is 2.86. The van der Waals surface area contributed by atoms with Crippen molar-refractivity contribution in [2.75, 3.05) is 13.1 Å². The lowest BCUT2D eigenvalue weighted by Crippen LogP contribution is -2.61. The Morgan fingerprint density at radius 1 is 0.964 bits per heavy atom. The highest BCUT2D eigenvalue weighted by molar-refractivity contribution is 5.85. The molecule has 2 unspecified atom stereocenters. The van der Waals surface area contributed by atoms with E-state index in [2.05, 4.69) is 16.0 Å². The van der Waals surface area contributed by atoms with Crippen molar-refractivity contribution in [3.8, 4) is 0 Å². The van der Waals surface area contributed by atoms with Crippen molar-refractivity contribution in [1.29, 1.82) is 0 Å². The quantitative estimate of drug-likeness (QED) is 0.540. The van der Waals surface area contributed by atoms with E-state index in [1.165, 1.54) is 25.7 Å². The third kappa shape index (κ3) is 4.93. The van der Waals surface area contributed by atoms with E-state index in [9.17, 15) is 9.59 Å². The van der Waals surface area contributed by atoms with Gasteiger partial charge in [0, 0.05) is 24.5 Å². The molecule has 2 atom stereocenters. The third-order valence-electron chi connectivity index (χ3n) is 7.61. The highest BCUT2D eigenvalue weighted by Crippen LogP contribution is 2.55. The molecule has 5 saturated carbocycles. The summed E-state index contributed by atoms with van der Waals surface area (Å²) in [5, 5.41) is 9.34. The van der Waals surface area contributed by atoms with Crippen LogP contribution < -0.4 is 21.7 Å². The smallest absolute Gasteiger partial charge is 0.315 e. The lowest BCUT2D eigenvalue weighted by atomic mass is 9.53. The molecule has 5 fully saturated rings. The van der Waals surface area contributed by atoms with E-state index in [0.29, 0.717) is 25.4 Å². The van der Waals surface area contributed by atoms with Gasteiger partial charge in [-0.2, -0.15) is 0 Å². The predicted molar refractivity (Wildman–Crippen MR) is 112 cm³/mol. The van der Waals surface area contributed by atoms with Crippen LogP contribution in [0.1, 0.15) is 70.6 Å². The normalized spacial score (nSPS) is 38.4. The lowest BCUT2D eigenvalue weighted by Gasteiger charge is -2.56. The second kappa shape index (κ2) is 9.21. The number of halogens is 1. The van der Waals surface area contributed by atoms with Gasteiger partial charge in [-0.25, -0.2) is 4.79 Å². The maximum Gasteiger partial charge on any atom is 0.315 e. The number of nitrogens with one attached hydrogen (secondary N) is 3. The Labute approximate surface area is 174 Å². The third-order valence-corrected chi connectivity index (χ3v) is 7.61. The van der Waals surface area contributed by atoms with Gasteiger partial charge in [-0.1, -0.05) is 12.8 Å². The summed E-state index contributed by atoms with van der Waals surface area (Å²) in [7, 11) is 0. The van der Waals surface area contributed by atoms with Crippen molar-refractivity contribution >= 4 is 24.3 Å². The molecule has 160 valence electrons. The van der Waals surface area contributed by atoms with E-state index < -0.39 is 0 Å². The van der Waals surface area contributed by atoms with Crippen LogP contribution in [0.25, 0.3) is 0 Å². The Morgan fingerprint density at radius 2 is 1.57 bits per heavy atom. The highest BCUT2D eigenvalue weighted by atomic mass is 35.5. The summed E-state index contributed by atoms with van der Waals surface area (Å²) in [4.78, 5) is 24.7. The second-order valence-corrected chi connectivity index (χ2v) is 9.78. The molecule has 5 N–H and O–H groups in total. The number of carbonyl (C=O) groups excluding carboxylic acids is 2. The van der Waals surface area contributed by atoms with Crippen molar-refractivity contribution in [3.63, 3.8) is 0 Å². The van der Waals surface area contributed by atoms with Crippen LogP contribution in [-0.2, 0) is 4.79 Å². The van der Waals surface area contributed by atoms with Gasteiger partial charge < -0.3 is 21.7 Å². The number of urea groups is 1. The molecular weight excluding hydrogens is 376 g/mol. The number of nitrogens with two attached hydrogens (primary N) is 1. The van der Waals surface area contributed by atoms with Crippen molar-refractivity contribution < 1.29 is 9.59 Å². The van der Waals surface area contributed by atoms with Crippen LogP contribution in [-0.4, -0.2) is 36.6 Å². The van der Waals surface area contributed by atoms with Crippen LogP contribution in [0.4, 0.5) is 4.79 Å². The van der Waals surface area contributed by atoms with Gasteiger partial charge in [-0.15, -0.1) is 12.4 Å². The summed E-state index contributed by atoms with van der Waals surface area (Å²) < 4.78 is 0. The molecule has 0 spiro atoms. The average molecular weight is 413 g/mol. The monoisotopic (exact) mass is 412 g/mol. The maximum absolute atomic E-state index is 12.4. The summed E-state index contributed by atoms with van der Waals surface area (Å²) >= 11 is 0. The second-order valence-electron chi connectivity index (χ2n) is 9.78. The van der Waals surface area contributed by atoms with Gasteiger partial charge in [0.25, 0.3) is 0 Å². The zero-order valence-corrected chi connectivity index (χ0v) is 17.7. The standard InChI is InChI=1S/C21H36N4O2.ClH/c22-13-17-3-1-2-4-18(17)24-19(26)5-6-23-20(27)25-21-10-14-7-15(11-21)9-16(8-14)12-21;/h14-18H,1-13,22H2,(H,24,26)(H2,23,25,27);1H. The molecule has 28 heavy (non-hydrogen) atoms. The molecule has 5 aliphatic carbocycles. The number of rotatable bonds is 6. The molecule has 0 aliphatic heterocycles. The fourth-order valence-corrected chi connectivity index (χ4v) is 6.80. The minimum Gasteiger partial charge on any atom is -0.353 e. The van der Waals surface area contributed by atoms with Gasteiger partial charge in [0.05, 0.1) is 0 Å². The topological polar surface area (TPSA) is 96.2 Å². The van der Waals surface area contributed by atoms with Gasteiger partial charge in [-0.05, 0) is 81.6 Å². The largest absolute Gasteiger partial charge is 0.353 e. The zero-order valence-electron chi connectivity index (χ0n) is 16.9. The molecule has 0 radical (unpaired) electrons. The molecule has 0 aromatic rings. The first kappa shape index (κ1) is 21.7. The van der Waals surface area contributed by atoms with Crippen LogP contribution in [0.2, 0.25) is 0 Å². The first-order valence-corrected chi connectivity index (χ1v) is 11.1. The van der Waals surface area contributed by atoms with Crippen LogP contribution in [0, 0.1) is 23.7 Å². The molecule has 5 rings (SSSR count). The van der Waals surface area contributed by atoms with E-state index in [1.54, 1.807) is 0 Å². The molecular formula is C21H37ClN4O2. The molecule has 0 heterocycles. The SMILES string of the molecule is Cl.NCC1CCCCC1NC(=O)CCNC(=O)NC12CC3CC(CC(C3)C1)C2. The Morgan fingerprint density at radius 3 is 2.18 bits per heavy atom. The molecule has 6 nitrogen and oxygen atoms in total. The van der Waals surface area contributed by atoms with Gasteiger partial charge in [0.1, 0.15) is 0 Å². The molecule has 0 aromatic heterocycles. The molecule has 7 heteroatoms. The fourth-order valence-electron chi connectivity index (χ4n) is 6.80.